The number of aryl methyl sites for hydroxylation is 1. The van der Waals surface area contributed by atoms with Crippen molar-refractivity contribution in [3.8, 4) is 0 Å². The van der Waals surface area contributed by atoms with Crippen LogP contribution < -0.4 is 4.90 Å². The zero-order chi connectivity index (χ0) is 22.8. The van der Waals surface area contributed by atoms with Crippen LogP contribution in [0.25, 0.3) is 0 Å². The molecule has 5 rings (SSSR count). The molecular formula is C25H26N6O2. The second kappa shape index (κ2) is 9.05. The number of rotatable bonds is 4. The molecule has 3 aromatic rings. The van der Waals surface area contributed by atoms with Gasteiger partial charge in [-0.3, -0.25) is 19.5 Å². The van der Waals surface area contributed by atoms with Crippen molar-refractivity contribution >= 4 is 17.6 Å². The molecule has 8 nitrogen and oxygen atoms in total. The Morgan fingerprint density at radius 1 is 1.12 bits per heavy atom. The molecule has 2 aromatic heterocycles. The summed E-state index contributed by atoms with van der Waals surface area (Å²) >= 11 is 0. The molecule has 1 fully saturated rings. The number of aromatic nitrogens is 4. The van der Waals surface area contributed by atoms with Crippen LogP contribution in [0.15, 0.2) is 48.9 Å². The van der Waals surface area contributed by atoms with Gasteiger partial charge in [0, 0.05) is 49.1 Å². The van der Waals surface area contributed by atoms with Gasteiger partial charge in [-0.05, 0) is 31.7 Å². The van der Waals surface area contributed by atoms with Gasteiger partial charge in [0.2, 0.25) is 5.91 Å². The predicted molar refractivity (Wildman–Crippen MR) is 123 cm³/mol. The number of nitrogens with zero attached hydrogens (tertiary/aromatic N) is 6. The summed E-state index contributed by atoms with van der Waals surface area (Å²) in [6.07, 6.45) is 7.47. The summed E-state index contributed by atoms with van der Waals surface area (Å²) < 4.78 is 0. The minimum absolute atomic E-state index is 0.0129. The number of carbonyl (C=O) groups is 2. The Kier molecular flexibility index (Phi) is 5.81. The van der Waals surface area contributed by atoms with Crippen LogP contribution in [0.2, 0.25) is 0 Å². The van der Waals surface area contributed by atoms with E-state index in [0.29, 0.717) is 44.0 Å². The van der Waals surface area contributed by atoms with Gasteiger partial charge in [-0.1, -0.05) is 30.3 Å². The average Bonchev–Trinajstić information content (AvgIpc) is 2.86. The first-order valence-corrected chi connectivity index (χ1v) is 11.4. The Morgan fingerprint density at radius 3 is 2.76 bits per heavy atom. The van der Waals surface area contributed by atoms with Gasteiger partial charge in [-0.15, -0.1) is 0 Å². The first kappa shape index (κ1) is 21.2. The van der Waals surface area contributed by atoms with Crippen molar-refractivity contribution in [2.75, 3.05) is 18.0 Å². The molecule has 4 heterocycles. The van der Waals surface area contributed by atoms with Crippen LogP contribution in [-0.2, 0) is 17.8 Å². The van der Waals surface area contributed by atoms with Crippen molar-refractivity contribution in [2.45, 2.75) is 45.1 Å². The molecule has 0 aliphatic carbocycles. The predicted octanol–water partition coefficient (Wildman–Crippen LogP) is 3.07. The summed E-state index contributed by atoms with van der Waals surface area (Å²) in [6.45, 7) is 3.69. The lowest BCUT2D eigenvalue weighted by Gasteiger charge is -2.34. The number of hydrogen-bond donors (Lipinski definition) is 0. The number of piperidine rings is 1. The molecule has 0 bridgehead atoms. The molecule has 168 valence electrons. The number of hydrogen-bond acceptors (Lipinski definition) is 6. The average molecular weight is 443 g/mol. The van der Waals surface area contributed by atoms with Gasteiger partial charge < -0.3 is 4.90 Å². The van der Waals surface area contributed by atoms with Crippen molar-refractivity contribution in [3.05, 3.63) is 77.3 Å². The van der Waals surface area contributed by atoms with Gasteiger partial charge in [0.15, 0.2) is 0 Å². The number of anilines is 1. The molecule has 8 heteroatoms. The minimum atomic E-state index is -0.122. The summed E-state index contributed by atoms with van der Waals surface area (Å²) in [6, 6.07) is 9.97. The van der Waals surface area contributed by atoms with Gasteiger partial charge in [0.05, 0.1) is 12.7 Å². The van der Waals surface area contributed by atoms with Gasteiger partial charge in [0.25, 0.3) is 5.91 Å². The number of fused-ring (bicyclic) bond motifs is 1. The third kappa shape index (κ3) is 4.33. The molecule has 0 N–H and O–H groups in total. The van der Waals surface area contributed by atoms with Crippen LogP contribution in [0.4, 0.5) is 5.82 Å². The minimum Gasteiger partial charge on any atom is -0.337 e. The molecule has 1 atom stereocenters. The van der Waals surface area contributed by atoms with E-state index in [1.165, 1.54) is 12.4 Å². The normalized spacial score (nSPS) is 18.2. The number of likely N-dealkylation sites (tertiary alicyclic amines) is 1. The van der Waals surface area contributed by atoms with Crippen molar-refractivity contribution in [1.29, 1.82) is 0 Å². The first-order valence-electron chi connectivity index (χ1n) is 11.4. The van der Waals surface area contributed by atoms with Gasteiger partial charge in [-0.2, -0.15) is 0 Å². The highest BCUT2D eigenvalue weighted by Crippen LogP contribution is 2.33. The fourth-order valence-corrected chi connectivity index (χ4v) is 4.66. The van der Waals surface area contributed by atoms with Crippen molar-refractivity contribution in [2.24, 2.45) is 0 Å². The van der Waals surface area contributed by atoms with Crippen molar-refractivity contribution in [1.82, 2.24) is 24.8 Å². The first-order chi connectivity index (χ1) is 16.1. The molecule has 2 aliphatic heterocycles. The Hall–Kier alpha value is -3.68. The summed E-state index contributed by atoms with van der Waals surface area (Å²) in [5.41, 5.74) is 3.37. The van der Waals surface area contributed by atoms with E-state index in [2.05, 4.69) is 9.97 Å². The molecule has 2 amide bonds. The van der Waals surface area contributed by atoms with Crippen LogP contribution in [0.5, 0.6) is 0 Å². The molecule has 0 spiro atoms. The van der Waals surface area contributed by atoms with Crippen LogP contribution >= 0.6 is 0 Å². The van der Waals surface area contributed by atoms with E-state index in [4.69, 9.17) is 9.97 Å². The highest BCUT2D eigenvalue weighted by atomic mass is 16.2. The monoisotopic (exact) mass is 442 g/mol. The molecule has 33 heavy (non-hydrogen) atoms. The van der Waals surface area contributed by atoms with E-state index in [1.54, 1.807) is 11.1 Å². The zero-order valence-electron chi connectivity index (χ0n) is 18.6. The topological polar surface area (TPSA) is 92.2 Å². The third-order valence-electron chi connectivity index (χ3n) is 6.39. The lowest BCUT2D eigenvalue weighted by molar-refractivity contribution is -0.119. The largest absolute Gasteiger partial charge is 0.337 e. The number of amides is 2. The summed E-state index contributed by atoms with van der Waals surface area (Å²) in [4.78, 5) is 47.3. The lowest BCUT2D eigenvalue weighted by atomic mass is 9.95. The fourth-order valence-electron chi connectivity index (χ4n) is 4.66. The van der Waals surface area contributed by atoms with Crippen LogP contribution in [0, 0.1) is 6.92 Å². The Balaban J connectivity index is 1.43. The Bertz CT molecular complexity index is 1170. The van der Waals surface area contributed by atoms with Crippen LogP contribution in [-0.4, -0.2) is 49.7 Å². The van der Waals surface area contributed by atoms with Crippen LogP contribution in [0.1, 0.15) is 58.3 Å². The van der Waals surface area contributed by atoms with Gasteiger partial charge in [-0.25, -0.2) is 15.0 Å². The molecule has 2 aliphatic rings. The van der Waals surface area contributed by atoms with Crippen molar-refractivity contribution < 1.29 is 9.59 Å². The number of carbonyl (C=O) groups excluding carboxylic acids is 2. The zero-order valence-corrected chi connectivity index (χ0v) is 18.6. The van der Waals surface area contributed by atoms with E-state index >= 15 is 0 Å². The smallest absolute Gasteiger partial charge is 0.274 e. The summed E-state index contributed by atoms with van der Waals surface area (Å²) in [5.74, 6) is 1.39. The number of benzene rings is 1. The van der Waals surface area contributed by atoms with E-state index in [0.717, 1.165) is 35.5 Å². The maximum Gasteiger partial charge on any atom is 0.274 e. The molecule has 1 saturated heterocycles. The van der Waals surface area contributed by atoms with E-state index in [-0.39, 0.29) is 17.7 Å². The van der Waals surface area contributed by atoms with E-state index < -0.39 is 0 Å². The second-order valence-electron chi connectivity index (χ2n) is 8.62. The summed E-state index contributed by atoms with van der Waals surface area (Å²) in [5, 5.41) is 0. The highest BCUT2D eigenvalue weighted by molar-refractivity contribution is 5.95. The highest BCUT2D eigenvalue weighted by Gasteiger charge is 2.32. The Morgan fingerprint density at radius 2 is 1.97 bits per heavy atom. The quantitative estimate of drug-likeness (QED) is 0.617. The molecule has 1 aromatic carbocycles. The van der Waals surface area contributed by atoms with Gasteiger partial charge >= 0.3 is 0 Å². The molecule has 0 unspecified atom stereocenters. The van der Waals surface area contributed by atoms with Gasteiger partial charge in [0.1, 0.15) is 17.3 Å². The van der Waals surface area contributed by atoms with E-state index in [9.17, 15) is 9.59 Å². The Labute approximate surface area is 192 Å². The third-order valence-corrected chi connectivity index (χ3v) is 6.39. The molecule has 0 radical (unpaired) electrons. The van der Waals surface area contributed by atoms with E-state index in [1.807, 2.05) is 42.2 Å². The SMILES string of the molecule is Cc1nc([C@@H]2CCCN(C(=O)c3cnccn3)C2)nc2c1CCC(=O)N2Cc1ccccc1. The maximum atomic E-state index is 12.9. The standard InChI is InChI=1S/C25H26N6O2/c1-17-20-9-10-22(32)31(15-18-6-3-2-4-7-18)24(20)29-23(28-17)19-8-5-13-30(16-19)25(33)21-14-26-11-12-27-21/h2-4,6-7,11-12,14,19H,5,8-10,13,15-16H2,1H3/t19-/m1/s1. The fraction of sp³-hybridized carbons (Fsp3) is 0.360. The van der Waals surface area contributed by atoms with Crippen LogP contribution in [0.3, 0.4) is 0 Å². The molecule has 0 saturated carbocycles. The van der Waals surface area contributed by atoms with Crippen molar-refractivity contribution in [3.63, 3.8) is 0 Å². The summed E-state index contributed by atoms with van der Waals surface area (Å²) in [7, 11) is 0. The maximum absolute atomic E-state index is 12.9. The molecular weight excluding hydrogens is 416 g/mol. The second-order valence-corrected chi connectivity index (χ2v) is 8.62. The lowest BCUT2D eigenvalue weighted by Crippen LogP contribution is -2.40.